The van der Waals surface area contributed by atoms with E-state index in [0.29, 0.717) is 6.04 Å². The van der Waals surface area contributed by atoms with Crippen LogP contribution in [0.2, 0.25) is 0 Å². The van der Waals surface area contributed by atoms with E-state index in [2.05, 4.69) is 10.5 Å². The monoisotopic (exact) mass is 152 g/mol. The summed E-state index contributed by atoms with van der Waals surface area (Å²) < 4.78 is 5.14. The fourth-order valence-corrected chi connectivity index (χ4v) is 1.47. The van der Waals surface area contributed by atoms with Crippen molar-refractivity contribution in [1.82, 2.24) is 10.5 Å². The van der Waals surface area contributed by atoms with Crippen LogP contribution in [0.1, 0.15) is 30.3 Å². The Balaban J connectivity index is 2.15. The van der Waals surface area contributed by atoms with Crippen molar-refractivity contribution in [3.8, 4) is 0 Å². The van der Waals surface area contributed by atoms with E-state index in [1.54, 1.807) is 0 Å². The lowest BCUT2D eigenvalue weighted by atomic mass is 10.2. The van der Waals surface area contributed by atoms with Crippen LogP contribution in [0.15, 0.2) is 10.6 Å². The van der Waals surface area contributed by atoms with E-state index < -0.39 is 0 Å². The Morgan fingerprint density at radius 2 is 2.64 bits per heavy atom. The van der Waals surface area contributed by atoms with Crippen LogP contribution in [0, 0.1) is 6.92 Å². The summed E-state index contributed by atoms with van der Waals surface area (Å²) in [6.07, 6.45) is 2.42. The Morgan fingerprint density at radius 1 is 1.73 bits per heavy atom. The maximum atomic E-state index is 5.14. The van der Waals surface area contributed by atoms with Gasteiger partial charge < -0.3 is 9.84 Å². The van der Waals surface area contributed by atoms with E-state index in [9.17, 15) is 0 Å². The summed E-state index contributed by atoms with van der Waals surface area (Å²) in [7, 11) is 0. The van der Waals surface area contributed by atoms with Crippen molar-refractivity contribution in [3.63, 3.8) is 0 Å². The SMILES string of the molecule is Cc1cc([C@H]2CCCN2)on1. The summed E-state index contributed by atoms with van der Waals surface area (Å²) in [5.74, 6) is 0.986. The van der Waals surface area contributed by atoms with Crippen LogP contribution in [0.25, 0.3) is 0 Å². The molecule has 0 spiro atoms. The highest BCUT2D eigenvalue weighted by atomic mass is 16.5. The highest BCUT2D eigenvalue weighted by Gasteiger charge is 2.19. The molecule has 0 saturated carbocycles. The molecule has 0 unspecified atom stereocenters. The smallest absolute Gasteiger partial charge is 0.153 e. The standard InChI is InChI=1S/C8H12N2O/c1-6-5-8(11-10-6)7-3-2-4-9-7/h5,7,9H,2-4H2,1H3/t7-/m1/s1. The van der Waals surface area contributed by atoms with Crippen LogP contribution in [0.3, 0.4) is 0 Å². The molecule has 3 nitrogen and oxygen atoms in total. The molecule has 11 heavy (non-hydrogen) atoms. The lowest BCUT2D eigenvalue weighted by Crippen LogP contribution is -2.11. The average Bonchev–Trinajstić information content (AvgIpc) is 2.55. The van der Waals surface area contributed by atoms with Gasteiger partial charge in [0.15, 0.2) is 5.76 Å². The van der Waals surface area contributed by atoms with E-state index in [0.717, 1.165) is 18.0 Å². The van der Waals surface area contributed by atoms with Gasteiger partial charge in [0.1, 0.15) is 0 Å². The Kier molecular flexibility index (Phi) is 1.66. The second-order valence-corrected chi connectivity index (χ2v) is 3.02. The maximum absolute atomic E-state index is 5.14. The molecule has 2 rings (SSSR count). The molecule has 1 aromatic rings. The zero-order valence-corrected chi connectivity index (χ0v) is 6.63. The molecule has 2 heterocycles. The first-order valence-electron chi connectivity index (χ1n) is 4.03. The zero-order chi connectivity index (χ0) is 7.68. The van der Waals surface area contributed by atoms with Gasteiger partial charge >= 0.3 is 0 Å². The molecule has 0 bridgehead atoms. The van der Waals surface area contributed by atoms with Crippen molar-refractivity contribution in [3.05, 3.63) is 17.5 Å². The predicted octanol–water partition coefficient (Wildman–Crippen LogP) is 1.41. The number of nitrogens with zero attached hydrogens (tertiary/aromatic N) is 1. The minimum atomic E-state index is 0.413. The first-order chi connectivity index (χ1) is 5.36. The molecule has 1 aliphatic rings. The summed E-state index contributed by atoms with van der Waals surface area (Å²) >= 11 is 0. The summed E-state index contributed by atoms with van der Waals surface area (Å²) in [6.45, 7) is 3.05. The number of hydrogen-bond donors (Lipinski definition) is 1. The van der Waals surface area contributed by atoms with Gasteiger partial charge in [-0.25, -0.2) is 0 Å². The number of aryl methyl sites for hydroxylation is 1. The van der Waals surface area contributed by atoms with Crippen LogP contribution in [-0.4, -0.2) is 11.7 Å². The van der Waals surface area contributed by atoms with Crippen molar-refractivity contribution >= 4 is 0 Å². The Morgan fingerprint density at radius 3 is 3.18 bits per heavy atom. The van der Waals surface area contributed by atoms with Crippen LogP contribution < -0.4 is 5.32 Å². The lowest BCUT2D eigenvalue weighted by molar-refractivity contribution is 0.349. The van der Waals surface area contributed by atoms with Gasteiger partial charge in [0, 0.05) is 6.07 Å². The number of hydrogen-bond acceptors (Lipinski definition) is 3. The molecule has 1 N–H and O–H groups in total. The second kappa shape index (κ2) is 2.66. The van der Waals surface area contributed by atoms with E-state index in [4.69, 9.17) is 4.52 Å². The molecule has 1 saturated heterocycles. The molecule has 0 aromatic carbocycles. The maximum Gasteiger partial charge on any atom is 0.153 e. The van der Waals surface area contributed by atoms with Gasteiger partial charge in [0.05, 0.1) is 11.7 Å². The summed E-state index contributed by atoms with van der Waals surface area (Å²) in [5, 5.41) is 7.20. The van der Waals surface area contributed by atoms with Crippen LogP contribution in [-0.2, 0) is 0 Å². The van der Waals surface area contributed by atoms with Gasteiger partial charge in [-0.3, -0.25) is 0 Å². The summed E-state index contributed by atoms with van der Waals surface area (Å²) in [5.41, 5.74) is 0.966. The van der Waals surface area contributed by atoms with Crippen LogP contribution >= 0.6 is 0 Å². The molecule has 1 atom stereocenters. The lowest BCUT2D eigenvalue weighted by Gasteiger charge is -2.02. The van der Waals surface area contributed by atoms with Gasteiger partial charge in [-0.15, -0.1) is 0 Å². The minimum absolute atomic E-state index is 0.413. The van der Waals surface area contributed by atoms with Gasteiger partial charge in [-0.2, -0.15) is 0 Å². The summed E-state index contributed by atoms with van der Waals surface area (Å²) in [6, 6.07) is 2.42. The number of rotatable bonds is 1. The van der Waals surface area contributed by atoms with Crippen molar-refractivity contribution in [2.75, 3.05) is 6.54 Å². The van der Waals surface area contributed by atoms with E-state index in [-0.39, 0.29) is 0 Å². The minimum Gasteiger partial charge on any atom is -0.359 e. The number of nitrogens with one attached hydrogen (secondary N) is 1. The highest BCUT2D eigenvalue weighted by Crippen LogP contribution is 2.22. The Bertz CT molecular complexity index is 238. The second-order valence-electron chi connectivity index (χ2n) is 3.02. The van der Waals surface area contributed by atoms with E-state index in [1.165, 1.54) is 12.8 Å². The number of aromatic nitrogens is 1. The first kappa shape index (κ1) is 6.85. The van der Waals surface area contributed by atoms with E-state index in [1.807, 2.05) is 13.0 Å². The molecule has 1 fully saturated rings. The molecule has 0 radical (unpaired) electrons. The third-order valence-corrected chi connectivity index (χ3v) is 2.05. The molecular formula is C8H12N2O. The molecule has 0 amide bonds. The third-order valence-electron chi connectivity index (χ3n) is 2.05. The predicted molar refractivity (Wildman–Crippen MR) is 41.2 cm³/mol. The fourth-order valence-electron chi connectivity index (χ4n) is 1.47. The topological polar surface area (TPSA) is 38.1 Å². The van der Waals surface area contributed by atoms with Crippen molar-refractivity contribution < 1.29 is 4.52 Å². The quantitative estimate of drug-likeness (QED) is 0.661. The molecule has 1 aromatic heterocycles. The van der Waals surface area contributed by atoms with E-state index >= 15 is 0 Å². The molecule has 0 aliphatic carbocycles. The van der Waals surface area contributed by atoms with Gasteiger partial charge in [-0.1, -0.05) is 5.16 Å². The van der Waals surface area contributed by atoms with Crippen molar-refractivity contribution in [1.29, 1.82) is 0 Å². The van der Waals surface area contributed by atoms with Gasteiger partial charge in [0.25, 0.3) is 0 Å². The Hall–Kier alpha value is -0.830. The van der Waals surface area contributed by atoms with Crippen molar-refractivity contribution in [2.45, 2.75) is 25.8 Å². The zero-order valence-electron chi connectivity index (χ0n) is 6.63. The summed E-state index contributed by atoms with van der Waals surface area (Å²) in [4.78, 5) is 0. The van der Waals surface area contributed by atoms with Crippen LogP contribution in [0.4, 0.5) is 0 Å². The van der Waals surface area contributed by atoms with Crippen LogP contribution in [0.5, 0.6) is 0 Å². The largest absolute Gasteiger partial charge is 0.359 e. The average molecular weight is 152 g/mol. The van der Waals surface area contributed by atoms with Gasteiger partial charge in [0.2, 0.25) is 0 Å². The first-order valence-corrected chi connectivity index (χ1v) is 4.03. The normalized spacial score (nSPS) is 24.3. The Labute approximate surface area is 65.8 Å². The van der Waals surface area contributed by atoms with Crippen molar-refractivity contribution in [2.24, 2.45) is 0 Å². The molecule has 1 aliphatic heterocycles. The highest BCUT2D eigenvalue weighted by molar-refractivity contribution is 5.08. The molecular weight excluding hydrogens is 140 g/mol. The molecule has 3 heteroatoms. The fraction of sp³-hybridized carbons (Fsp3) is 0.625. The molecule has 60 valence electrons. The van der Waals surface area contributed by atoms with Gasteiger partial charge in [-0.05, 0) is 26.3 Å². The third kappa shape index (κ3) is 1.28.